The molecule has 0 atom stereocenters. The molecule has 0 saturated carbocycles. The van der Waals surface area contributed by atoms with Crippen molar-refractivity contribution in [3.8, 4) is 0 Å². The summed E-state index contributed by atoms with van der Waals surface area (Å²) in [5.41, 5.74) is 0.727. The second-order valence-electron chi connectivity index (χ2n) is 4.39. The van der Waals surface area contributed by atoms with Crippen LogP contribution >= 0.6 is 27.5 Å². The Morgan fingerprint density at radius 3 is 2.78 bits per heavy atom. The van der Waals surface area contributed by atoms with Crippen molar-refractivity contribution in [2.45, 2.75) is 32.7 Å². The Kier molecular flexibility index (Phi) is 6.68. The summed E-state index contributed by atoms with van der Waals surface area (Å²) in [4.78, 5) is 11.7. The summed E-state index contributed by atoms with van der Waals surface area (Å²) in [6, 6.07) is 5.83. The van der Waals surface area contributed by atoms with Crippen molar-refractivity contribution in [3.05, 3.63) is 27.7 Å². The van der Waals surface area contributed by atoms with Crippen molar-refractivity contribution < 1.29 is 4.79 Å². The van der Waals surface area contributed by atoms with Gasteiger partial charge in [-0.3, -0.25) is 4.79 Å². The number of halogens is 2. The molecule has 0 aromatic heterocycles. The van der Waals surface area contributed by atoms with Gasteiger partial charge < -0.3 is 10.6 Å². The molecule has 1 aromatic carbocycles. The fraction of sp³-hybridized carbons (Fsp3) is 0.462. The molecule has 0 saturated heterocycles. The van der Waals surface area contributed by atoms with Gasteiger partial charge in [-0.15, -0.1) is 0 Å². The van der Waals surface area contributed by atoms with E-state index in [0.717, 1.165) is 23.1 Å². The molecule has 0 heterocycles. The lowest BCUT2D eigenvalue weighted by molar-refractivity contribution is -0.116. The minimum atomic E-state index is 0.0129. The SMILES string of the molecule is CC(C)NCCCC(=O)Nc1ccc(Br)c(Cl)c1. The van der Waals surface area contributed by atoms with Gasteiger partial charge in [0, 0.05) is 22.6 Å². The zero-order valence-corrected chi connectivity index (χ0v) is 12.9. The molecule has 3 nitrogen and oxygen atoms in total. The maximum atomic E-state index is 11.7. The summed E-state index contributed by atoms with van der Waals surface area (Å²) in [6.45, 7) is 5.03. The monoisotopic (exact) mass is 332 g/mol. The highest BCUT2D eigenvalue weighted by atomic mass is 79.9. The van der Waals surface area contributed by atoms with E-state index >= 15 is 0 Å². The van der Waals surface area contributed by atoms with E-state index in [1.807, 2.05) is 12.1 Å². The van der Waals surface area contributed by atoms with E-state index in [4.69, 9.17) is 11.6 Å². The largest absolute Gasteiger partial charge is 0.326 e. The zero-order valence-electron chi connectivity index (χ0n) is 10.6. The first-order chi connectivity index (χ1) is 8.49. The van der Waals surface area contributed by atoms with Gasteiger partial charge in [0.15, 0.2) is 0 Å². The van der Waals surface area contributed by atoms with Gasteiger partial charge in [0.25, 0.3) is 0 Å². The molecule has 1 rings (SSSR count). The van der Waals surface area contributed by atoms with Crippen LogP contribution in [-0.2, 0) is 4.79 Å². The van der Waals surface area contributed by atoms with E-state index in [1.165, 1.54) is 0 Å². The van der Waals surface area contributed by atoms with Gasteiger partial charge in [0.1, 0.15) is 0 Å². The van der Waals surface area contributed by atoms with Crippen LogP contribution in [0, 0.1) is 0 Å². The second kappa shape index (κ2) is 7.77. The smallest absolute Gasteiger partial charge is 0.224 e. The molecule has 2 N–H and O–H groups in total. The minimum Gasteiger partial charge on any atom is -0.326 e. The summed E-state index contributed by atoms with van der Waals surface area (Å²) in [5, 5.41) is 6.69. The molecule has 0 bridgehead atoms. The van der Waals surface area contributed by atoms with Gasteiger partial charge in [0.05, 0.1) is 5.02 Å². The molecule has 1 aromatic rings. The Morgan fingerprint density at radius 2 is 2.17 bits per heavy atom. The highest BCUT2D eigenvalue weighted by Crippen LogP contribution is 2.25. The maximum absolute atomic E-state index is 11.7. The minimum absolute atomic E-state index is 0.0129. The molecular formula is C13H18BrClN2O. The van der Waals surface area contributed by atoms with E-state index < -0.39 is 0 Å². The van der Waals surface area contributed by atoms with Gasteiger partial charge in [-0.1, -0.05) is 25.4 Å². The number of hydrogen-bond donors (Lipinski definition) is 2. The summed E-state index contributed by atoms with van der Waals surface area (Å²) < 4.78 is 0.822. The van der Waals surface area contributed by atoms with Crippen LogP contribution in [0.5, 0.6) is 0 Å². The fourth-order valence-corrected chi connectivity index (χ4v) is 1.86. The number of amides is 1. The van der Waals surface area contributed by atoms with Crippen molar-refractivity contribution in [2.75, 3.05) is 11.9 Å². The van der Waals surface area contributed by atoms with Crippen molar-refractivity contribution in [3.63, 3.8) is 0 Å². The van der Waals surface area contributed by atoms with Crippen molar-refractivity contribution in [2.24, 2.45) is 0 Å². The highest BCUT2D eigenvalue weighted by molar-refractivity contribution is 9.10. The number of nitrogens with one attached hydrogen (secondary N) is 2. The van der Waals surface area contributed by atoms with E-state index in [-0.39, 0.29) is 5.91 Å². The maximum Gasteiger partial charge on any atom is 0.224 e. The summed E-state index contributed by atoms with van der Waals surface area (Å²) in [5.74, 6) is 0.0129. The molecule has 0 spiro atoms. The van der Waals surface area contributed by atoms with Gasteiger partial charge in [-0.2, -0.15) is 0 Å². The van der Waals surface area contributed by atoms with Crippen LogP contribution in [0.15, 0.2) is 22.7 Å². The zero-order chi connectivity index (χ0) is 13.5. The Labute approximate surface area is 121 Å². The van der Waals surface area contributed by atoms with Crippen LogP contribution in [-0.4, -0.2) is 18.5 Å². The number of rotatable bonds is 6. The fourth-order valence-electron chi connectivity index (χ4n) is 1.44. The predicted molar refractivity (Wildman–Crippen MR) is 80.2 cm³/mol. The number of carbonyl (C=O) groups is 1. The molecule has 18 heavy (non-hydrogen) atoms. The predicted octanol–water partition coefficient (Wildman–Crippen LogP) is 3.82. The Balaban J connectivity index is 2.33. The van der Waals surface area contributed by atoms with Crippen LogP contribution in [0.3, 0.4) is 0 Å². The van der Waals surface area contributed by atoms with Crippen LogP contribution in [0.2, 0.25) is 5.02 Å². The van der Waals surface area contributed by atoms with Crippen LogP contribution < -0.4 is 10.6 Å². The summed E-state index contributed by atoms with van der Waals surface area (Å²) >= 11 is 9.26. The van der Waals surface area contributed by atoms with Gasteiger partial charge in [-0.25, -0.2) is 0 Å². The number of hydrogen-bond acceptors (Lipinski definition) is 2. The topological polar surface area (TPSA) is 41.1 Å². The Morgan fingerprint density at radius 1 is 1.44 bits per heavy atom. The molecule has 1 amide bonds. The molecule has 0 unspecified atom stereocenters. The van der Waals surface area contributed by atoms with Crippen molar-refractivity contribution in [1.29, 1.82) is 0 Å². The van der Waals surface area contributed by atoms with Crippen LogP contribution in [0.4, 0.5) is 5.69 Å². The molecule has 100 valence electrons. The van der Waals surface area contributed by atoms with Crippen LogP contribution in [0.25, 0.3) is 0 Å². The molecular weight excluding hydrogens is 316 g/mol. The van der Waals surface area contributed by atoms with Gasteiger partial charge in [-0.05, 0) is 47.1 Å². The lowest BCUT2D eigenvalue weighted by Gasteiger charge is -2.08. The lowest BCUT2D eigenvalue weighted by atomic mass is 10.2. The standard InChI is InChI=1S/C13H18BrClN2O/c1-9(2)16-7-3-4-13(18)17-10-5-6-11(14)12(15)8-10/h5-6,8-9,16H,3-4,7H2,1-2H3,(H,17,18). The number of anilines is 1. The molecule has 0 aliphatic heterocycles. The summed E-state index contributed by atoms with van der Waals surface area (Å²) in [7, 11) is 0. The average Bonchev–Trinajstić information content (AvgIpc) is 2.29. The van der Waals surface area contributed by atoms with Crippen molar-refractivity contribution >= 4 is 39.1 Å². The lowest BCUT2D eigenvalue weighted by Crippen LogP contribution is -2.24. The third-order valence-corrected chi connectivity index (χ3v) is 3.57. The molecule has 0 radical (unpaired) electrons. The normalized spacial score (nSPS) is 10.7. The highest BCUT2D eigenvalue weighted by Gasteiger charge is 2.04. The third kappa shape index (κ3) is 5.85. The number of carbonyl (C=O) groups excluding carboxylic acids is 1. The number of benzene rings is 1. The van der Waals surface area contributed by atoms with E-state index in [1.54, 1.807) is 6.07 Å². The van der Waals surface area contributed by atoms with E-state index in [9.17, 15) is 4.79 Å². The second-order valence-corrected chi connectivity index (χ2v) is 5.65. The molecule has 5 heteroatoms. The van der Waals surface area contributed by atoms with Gasteiger partial charge >= 0.3 is 0 Å². The average molecular weight is 334 g/mol. The summed E-state index contributed by atoms with van der Waals surface area (Å²) in [6.07, 6.45) is 1.33. The van der Waals surface area contributed by atoms with Crippen molar-refractivity contribution in [1.82, 2.24) is 5.32 Å². The molecule has 0 fully saturated rings. The van der Waals surface area contributed by atoms with E-state index in [2.05, 4.69) is 40.4 Å². The van der Waals surface area contributed by atoms with E-state index in [0.29, 0.717) is 17.5 Å². The quantitative estimate of drug-likeness (QED) is 0.777. The Hall–Kier alpha value is -0.580. The first-order valence-corrected chi connectivity index (χ1v) is 7.14. The molecule has 0 aliphatic rings. The molecule has 0 aliphatic carbocycles. The van der Waals surface area contributed by atoms with Crippen LogP contribution in [0.1, 0.15) is 26.7 Å². The third-order valence-electron chi connectivity index (χ3n) is 2.34. The van der Waals surface area contributed by atoms with Gasteiger partial charge in [0.2, 0.25) is 5.91 Å². The Bertz CT molecular complexity index is 410. The first-order valence-electron chi connectivity index (χ1n) is 5.97. The first kappa shape index (κ1) is 15.5.